The predicted molar refractivity (Wildman–Crippen MR) is 144 cm³/mol. The van der Waals surface area contributed by atoms with Gasteiger partial charge in [0.15, 0.2) is 11.7 Å². The number of hydrogen-bond acceptors (Lipinski definition) is 5. The first-order chi connectivity index (χ1) is 17.3. The summed E-state index contributed by atoms with van der Waals surface area (Å²) < 4.78 is 11.0. The van der Waals surface area contributed by atoms with E-state index < -0.39 is 29.7 Å². The van der Waals surface area contributed by atoms with Crippen LogP contribution < -0.4 is 10.1 Å². The number of anilines is 1. The van der Waals surface area contributed by atoms with Crippen molar-refractivity contribution < 1.29 is 23.9 Å². The number of hydrogen-bond donors (Lipinski definition) is 1. The van der Waals surface area contributed by atoms with Gasteiger partial charge in [0.25, 0.3) is 0 Å². The zero-order valence-electron chi connectivity index (χ0n) is 21.5. The number of unbranched alkanes of at least 4 members (excludes halogenated alkanes) is 4. The highest BCUT2D eigenvalue weighted by Crippen LogP contribution is 2.22. The number of ether oxygens (including phenoxy) is 2. The van der Waals surface area contributed by atoms with Crippen LogP contribution in [0.15, 0.2) is 54.6 Å². The fourth-order valence-corrected chi connectivity index (χ4v) is 4.00. The van der Waals surface area contributed by atoms with Crippen molar-refractivity contribution in [2.75, 3.05) is 12.4 Å². The van der Waals surface area contributed by atoms with Crippen LogP contribution in [0.25, 0.3) is 0 Å². The van der Waals surface area contributed by atoms with Crippen molar-refractivity contribution in [3.05, 3.63) is 60.2 Å². The quantitative estimate of drug-likeness (QED) is 0.0872. The third kappa shape index (κ3) is 10.0. The molecule has 0 saturated carbocycles. The van der Waals surface area contributed by atoms with Gasteiger partial charge in [0.05, 0.1) is 7.11 Å². The fraction of sp³-hybridized carbons (Fsp3) is 0.483. The number of rotatable bonds is 16. The number of halogens is 1. The van der Waals surface area contributed by atoms with E-state index >= 15 is 0 Å². The summed E-state index contributed by atoms with van der Waals surface area (Å²) in [6.07, 6.45) is 6.90. The molecule has 3 unspecified atom stereocenters. The maximum atomic E-state index is 13.4. The molecule has 0 aliphatic heterocycles. The summed E-state index contributed by atoms with van der Waals surface area (Å²) in [5.41, 5.74) is 0.720. The predicted octanol–water partition coefficient (Wildman–Crippen LogP) is 6.81. The van der Waals surface area contributed by atoms with E-state index in [0.29, 0.717) is 30.7 Å². The highest BCUT2D eigenvalue weighted by molar-refractivity contribution is 6.24. The Morgan fingerprint density at radius 3 is 2.17 bits per heavy atom. The number of esters is 1. The lowest BCUT2D eigenvalue weighted by atomic mass is 9.96. The van der Waals surface area contributed by atoms with Crippen molar-refractivity contribution in [1.29, 1.82) is 0 Å². The molecule has 196 valence electrons. The molecule has 7 heteroatoms. The fourth-order valence-electron chi connectivity index (χ4n) is 3.88. The largest absolute Gasteiger partial charge is 0.497 e. The number of amides is 1. The molecule has 0 saturated heterocycles. The Hall–Kier alpha value is -2.86. The Balaban J connectivity index is 2.22. The molecule has 0 aliphatic rings. The number of nitrogens with one attached hydrogen (secondary N) is 1. The summed E-state index contributed by atoms with van der Waals surface area (Å²) in [6.45, 7) is 4.05. The van der Waals surface area contributed by atoms with Crippen molar-refractivity contribution in [2.45, 2.75) is 76.7 Å². The van der Waals surface area contributed by atoms with Crippen LogP contribution in [0.4, 0.5) is 5.69 Å². The van der Waals surface area contributed by atoms with Crippen LogP contribution in [0, 0.1) is 5.92 Å². The zero-order valence-corrected chi connectivity index (χ0v) is 22.3. The van der Waals surface area contributed by atoms with E-state index in [-0.39, 0.29) is 10.9 Å². The summed E-state index contributed by atoms with van der Waals surface area (Å²) in [5, 5.41) is 2.61. The van der Waals surface area contributed by atoms with Gasteiger partial charge >= 0.3 is 5.97 Å². The Kier molecular flexibility index (Phi) is 13.1. The van der Waals surface area contributed by atoms with Crippen molar-refractivity contribution in [3.63, 3.8) is 0 Å². The molecular formula is C29H38ClNO5. The second-order valence-corrected chi connectivity index (χ2v) is 9.75. The van der Waals surface area contributed by atoms with Gasteiger partial charge in [-0.05, 0) is 69.0 Å². The number of ketones is 1. The first-order valence-corrected chi connectivity index (χ1v) is 13.2. The van der Waals surface area contributed by atoms with Crippen LogP contribution in [-0.4, -0.2) is 36.3 Å². The summed E-state index contributed by atoms with van der Waals surface area (Å²) in [6, 6.07) is 15.0. The number of carbonyl (C=O) groups excluding carboxylic acids is 3. The van der Waals surface area contributed by atoms with E-state index in [9.17, 15) is 14.4 Å². The first-order valence-electron chi connectivity index (χ1n) is 12.7. The lowest BCUT2D eigenvalue weighted by Gasteiger charge is -2.22. The van der Waals surface area contributed by atoms with Crippen LogP contribution in [0.2, 0.25) is 0 Å². The number of carbonyl (C=O) groups is 3. The highest BCUT2D eigenvalue weighted by Gasteiger charge is 2.37. The van der Waals surface area contributed by atoms with E-state index in [4.69, 9.17) is 21.1 Å². The minimum absolute atomic E-state index is 0.0654. The van der Waals surface area contributed by atoms with E-state index in [1.807, 2.05) is 13.0 Å². The minimum Gasteiger partial charge on any atom is -0.497 e. The van der Waals surface area contributed by atoms with E-state index in [1.54, 1.807) is 36.4 Å². The average Bonchev–Trinajstić information content (AvgIpc) is 2.87. The maximum Gasteiger partial charge on any atom is 0.326 e. The summed E-state index contributed by atoms with van der Waals surface area (Å²) in [5.74, 6) is -3.25. The van der Waals surface area contributed by atoms with Crippen LogP contribution in [0.3, 0.4) is 0 Å². The van der Waals surface area contributed by atoms with Gasteiger partial charge in [-0.15, -0.1) is 11.6 Å². The van der Waals surface area contributed by atoms with Crippen molar-refractivity contribution in [3.8, 4) is 5.75 Å². The number of benzene rings is 2. The van der Waals surface area contributed by atoms with Crippen LogP contribution in [-0.2, 0) is 14.3 Å². The highest BCUT2D eigenvalue weighted by atomic mass is 35.5. The van der Waals surface area contributed by atoms with Gasteiger partial charge in [-0.3, -0.25) is 14.4 Å². The molecule has 2 aromatic carbocycles. The van der Waals surface area contributed by atoms with Gasteiger partial charge in [-0.1, -0.05) is 50.8 Å². The molecule has 3 atom stereocenters. The number of methoxy groups -OCH3 is 1. The molecule has 6 nitrogen and oxygen atoms in total. The van der Waals surface area contributed by atoms with E-state index in [1.165, 1.54) is 25.7 Å². The number of para-hydroxylation sites is 1. The molecular weight excluding hydrogens is 478 g/mol. The summed E-state index contributed by atoms with van der Waals surface area (Å²) >= 11 is 6.15. The molecule has 1 N–H and O–H groups in total. The van der Waals surface area contributed by atoms with Crippen LogP contribution in [0.1, 0.15) is 75.6 Å². The van der Waals surface area contributed by atoms with Gasteiger partial charge in [0.2, 0.25) is 5.91 Å². The third-order valence-electron chi connectivity index (χ3n) is 5.97. The second kappa shape index (κ2) is 16.0. The number of alkyl halides is 1. The monoisotopic (exact) mass is 515 g/mol. The van der Waals surface area contributed by atoms with Crippen LogP contribution >= 0.6 is 11.6 Å². The first kappa shape index (κ1) is 29.4. The summed E-state index contributed by atoms with van der Waals surface area (Å²) in [7, 11) is 1.52. The molecule has 36 heavy (non-hydrogen) atoms. The molecule has 0 fully saturated rings. The average molecular weight is 516 g/mol. The lowest BCUT2D eigenvalue weighted by Crippen LogP contribution is -2.39. The summed E-state index contributed by atoms with van der Waals surface area (Å²) in [4.78, 5) is 39.9. The minimum atomic E-state index is -1.63. The molecule has 2 aromatic rings. The Labute approximate surface area is 219 Å². The topological polar surface area (TPSA) is 81.7 Å². The Bertz CT molecular complexity index is 946. The van der Waals surface area contributed by atoms with Gasteiger partial charge in [-0.2, -0.15) is 0 Å². The van der Waals surface area contributed by atoms with Gasteiger partial charge < -0.3 is 14.8 Å². The van der Waals surface area contributed by atoms with Crippen molar-refractivity contribution in [1.82, 2.24) is 0 Å². The lowest BCUT2D eigenvalue weighted by molar-refractivity contribution is -0.154. The van der Waals surface area contributed by atoms with E-state index in [0.717, 1.165) is 25.7 Å². The molecule has 0 radical (unpaired) electrons. The van der Waals surface area contributed by atoms with Crippen molar-refractivity contribution >= 4 is 34.9 Å². The van der Waals surface area contributed by atoms with Gasteiger partial charge in [0, 0.05) is 16.6 Å². The second-order valence-electron chi connectivity index (χ2n) is 9.00. The zero-order chi connectivity index (χ0) is 26.3. The van der Waals surface area contributed by atoms with Gasteiger partial charge in [0.1, 0.15) is 11.9 Å². The SMILES string of the molecule is CCCCCCCC(CCC(C)Cl)OC(=O)C(C(=O)Nc1ccccc1)C(=O)c1ccc(OC)cc1. The molecule has 0 spiro atoms. The molecule has 0 aromatic heterocycles. The maximum absolute atomic E-state index is 13.4. The Morgan fingerprint density at radius 2 is 1.56 bits per heavy atom. The van der Waals surface area contributed by atoms with Gasteiger partial charge in [-0.25, -0.2) is 0 Å². The van der Waals surface area contributed by atoms with Crippen LogP contribution in [0.5, 0.6) is 5.75 Å². The van der Waals surface area contributed by atoms with E-state index in [2.05, 4.69) is 12.2 Å². The molecule has 0 aliphatic carbocycles. The molecule has 1 amide bonds. The number of Topliss-reactive ketones (excluding diaryl/α,β-unsaturated/α-hetero) is 1. The standard InChI is InChI=1S/C29H38ClNO5/c1-4-5-6-7-11-14-25(18-15-21(2)30)36-29(34)26(28(33)31-23-12-9-8-10-13-23)27(32)22-16-19-24(35-3)20-17-22/h8-10,12-13,16-17,19-21,25-26H,4-7,11,14-15,18H2,1-3H3,(H,31,33). The van der Waals surface area contributed by atoms with Crippen molar-refractivity contribution in [2.24, 2.45) is 5.92 Å². The molecule has 0 bridgehead atoms. The smallest absolute Gasteiger partial charge is 0.326 e. The Morgan fingerprint density at radius 1 is 0.889 bits per heavy atom. The molecule has 0 heterocycles. The third-order valence-corrected chi connectivity index (χ3v) is 6.19. The molecule has 2 rings (SSSR count). The normalized spacial score (nSPS) is 13.3.